The number of ether oxygens (including phenoxy) is 1. The van der Waals surface area contributed by atoms with E-state index in [1.807, 2.05) is 0 Å². The molecule has 1 aromatic carbocycles. The average molecular weight is 410 g/mol. The molecule has 27 heavy (non-hydrogen) atoms. The highest BCUT2D eigenvalue weighted by Gasteiger charge is 2.51. The molecule has 0 saturated carbocycles. The van der Waals surface area contributed by atoms with Crippen LogP contribution >= 0.6 is 11.6 Å². The maximum Gasteiger partial charge on any atom is 0.246 e. The van der Waals surface area contributed by atoms with E-state index in [-0.39, 0.29) is 23.7 Å². The minimum absolute atomic E-state index is 0.207. The molecule has 142 valence electrons. The Hall–Kier alpha value is -2.22. The number of benzene rings is 1. The molecule has 0 aliphatic carbocycles. The maximum atomic E-state index is 12.9. The molecule has 0 spiro atoms. The minimum atomic E-state index is -4.12. The first-order valence-corrected chi connectivity index (χ1v) is 9.73. The van der Waals surface area contributed by atoms with Crippen LogP contribution in [-0.4, -0.2) is 59.3 Å². The number of β-amino-alcohol motifs (C(OH)–C–C–N with tert-alkyl or cyclic N) is 1. The lowest BCUT2D eigenvalue weighted by Crippen LogP contribution is -2.48. The van der Waals surface area contributed by atoms with Crippen LogP contribution < -0.4 is 4.74 Å². The molecular formula is C17H16ClN3O5S. The predicted octanol–water partition coefficient (Wildman–Crippen LogP) is 0.782. The Labute approximate surface area is 161 Å². The molecular weight excluding hydrogens is 394 g/mol. The van der Waals surface area contributed by atoms with E-state index in [9.17, 15) is 18.6 Å². The van der Waals surface area contributed by atoms with Gasteiger partial charge in [0.2, 0.25) is 10.0 Å². The number of aromatic nitrogens is 1. The topological polar surface area (TPSA) is 124 Å². The second-order valence-corrected chi connectivity index (χ2v) is 8.42. The SMILES string of the molecule is N#Cc1ncccc1S(=O)(=O)N1C[C@H](Oc2ccc(Cl)cc2)[C@](O)(CO)C1. The van der Waals surface area contributed by atoms with Gasteiger partial charge < -0.3 is 14.9 Å². The first kappa shape index (κ1) is 19.5. The van der Waals surface area contributed by atoms with Gasteiger partial charge >= 0.3 is 0 Å². The van der Waals surface area contributed by atoms with Crippen LogP contribution in [0, 0.1) is 11.3 Å². The van der Waals surface area contributed by atoms with E-state index < -0.39 is 28.3 Å². The zero-order valence-corrected chi connectivity index (χ0v) is 15.6. The number of sulfonamides is 1. The summed E-state index contributed by atoms with van der Waals surface area (Å²) in [5.41, 5.74) is -2.05. The normalized spacial score (nSPS) is 23.1. The van der Waals surface area contributed by atoms with Gasteiger partial charge in [-0.25, -0.2) is 13.4 Å². The minimum Gasteiger partial charge on any atom is -0.486 e. The zero-order chi connectivity index (χ0) is 19.7. The number of hydrogen-bond acceptors (Lipinski definition) is 7. The lowest BCUT2D eigenvalue weighted by Gasteiger charge is -2.27. The van der Waals surface area contributed by atoms with Crippen LogP contribution in [0.5, 0.6) is 5.75 Å². The molecule has 2 aromatic rings. The van der Waals surface area contributed by atoms with Gasteiger partial charge in [-0.3, -0.25) is 0 Å². The summed E-state index contributed by atoms with van der Waals surface area (Å²) in [7, 11) is -4.12. The fourth-order valence-electron chi connectivity index (χ4n) is 2.81. The Kier molecular flexibility index (Phi) is 5.37. The second kappa shape index (κ2) is 7.42. The molecule has 1 saturated heterocycles. The third kappa shape index (κ3) is 3.76. The molecule has 1 aliphatic heterocycles. The molecule has 0 unspecified atom stereocenters. The van der Waals surface area contributed by atoms with Crippen LogP contribution in [0.25, 0.3) is 0 Å². The molecule has 3 rings (SSSR count). The standard InChI is InChI=1S/C17H16ClN3O5S/c18-12-3-5-13(6-4-12)26-16-9-21(10-17(16,23)11-22)27(24,25)15-2-1-7-20-14(15)8-19/h1-7,16,22-23H,9-11H2/t16-,17+/m0/s1. The van der Waals surface area contributed by atoms with E-state index in [0.29, 0.717) is 10.8 Å². The van der Waals surface area contributed by atoms with Crippen molar-refractivity contribution in [3.05, 3.63) is 53.3 Å². The molecule has 10 heteroatoms. The number of hydrogen-bond donors (Lipinski definition) is 2. The quantitative estimate of drug-likeness (QED) is 0.747. The predicted molar refractivity (Wildman–Crippen MR) is 95.6 cm³/mol. The van der Waals surface area contributed by atoms with Crippen molar-refractivity contribution in [3.8, 4) is 11.8 Å². The number of aliphatic hydroxyl groups excluding tert-OH is 1. The monoisotopic (exact) mass is 409 g/mol. The molecule has 1 aliphatic rings. The Morgan fingerprint density at radius 1 is 1.37 bits per heavy atom. The summed E-state index contributed by atoms with van der Waals surface area (Å²) >= 11 is 5.83. The van der Waals surface area contributed by atoms with Gasteiger partial charge in [-0.05, 0) is 36.4 Å². The maximum absolute atomic E-state index is 12.9. The smallest absolute Gasteiger partial charge is 0.246 e. The summed E-state index contributed by atoms with van der Waals surface area (Å²) in [4.78, 5) is 3.50. The highest BCUT2D eigenvalue weighted by Crippen LogP contribution is 2.31. The lowest BCUT2D eigenvalue weighted by atomic mass is 10.0. The van der Waals surface area contributed by atoms with Crippen LogP contribution in [0.15, 0.2) is 47.5 Å². The van der Waals surface area contributed by atoms with Gasteiger partial charge in [0.25, 0.3) is 0 Å². The van der Waals surface area contributed by atoms with Crippen molar-refractivity contribution in [2.75, 3.05) is 19.7 Å². The van der Waals surface area contributed by atoms with Gasteiger partial charge in [0.15, 0.2) is 5.69 Å². The molecule has 1 fully saturated rings. The first-order chi connectivity index (χ1) is 12.8. The number of nitriles is 1. The third-order valence-electron chi connectivity index (χ3n) is 4.28. The van der Waals surface area contributed by atoms with E-state index in [1.165, 1.54) is 18.3 Å². The van der Waals surface area contributed by atoms with Gasteiger partial charge in [0.1, 0.15) is 28.4 Å². The van der Waals surface area contributed by atoms with E-state index >= 15 is 0 Å². The highest BCUT2D eigenvalue weighted by atomic mass is 35.5. The van der Waals surface area contributed by atoms with Crippen LogP contribution in [-0.2, 0) is 10.0 Å². The van der Waals surface area contributed by atoms with Crippen molar-refractivity contribution in [1.82, 2.24) is 9.29 Å². The van der Waals surface area contributed by atoms with Crippen LogP contribution in [0.2, 0.25) is 5.02 Å². The van der Waals surface area contributed by atoms with E-state index in [2.05, 4.69) is 4.98 Å². The van der Waals surface area contributed by atoms with Crippen molar-refractivity contribution in [3.63, 3.8) is 0 Å². The summed E-state index contributed by atoms with van der Waals surface area (Å²) in [5.74, 6) is 0.370. The van der Waals surface area contributed by atoms with E-state index in [1.54, 1.807) is 30.3 Å². The van der Waals surface area contributed by atoms with Crippen LogP contribution in [0.1, 0.15) is 5.69 Å². The van der Waals surface area contributed by atoms with Crippen molar-refractivity contribution < 1.29 is 23.4 Å². The summed E-state index contributed by atoms with van der Waals surface area (Å²) in [6.07, 6.45) is 0.304. The average Bonchev–Trinajstić information content (AvgIpc) is 3.01. The zero-order valence-electron chi connectivity index (χ0n) is 14.0. The number of nitrogens with zero attached hydrogens (tertiary/aromatic N) is 3. The molecule has 8 nitrogen and oxygen atoms in total. The van der Waals surface area contributed by atoms with Crippen LogP contribution in [0.4, 0.5) is 0 Å². The van der Waals surface area contributed by atoms with Crippen LogP contribution in [0.3, 0.4) is 0 Å². The molecule has 1 aromatic heterocycles. The summed E-state index contributed by atoms with van der Waals surface area (Å²) in [6.45, 7) is -1.29. The Morgan fingerprint density at radius 2 is 2.07 bits per heavy atom. The van der Waals surface area contributed by atoms with E-state index in [0.717, 1.165) is 4.31 Å². The first-order valence-electron chi connectivity index (χ1n) is 7.91. The van der Waals surface area contributed by atoms with Crippen molar-refractivity contribution in [2.24, 2.45) is 0 Å². The number of aliphatic hydroxyl groups is 2. The largest absolute Gasteiger partial charge is 0.486 e. The molecule has 0 radical (unpaired) electrons. The molecule has 2 atom stereocenters. The highest BCUT2D eigenvalue weighted by molar-refractivity contribution is 7.89. The van der Waals surface area contributed by atoms with Gasteiger partial charge in [-0.15, -0.1) is 0 Å². The Morgan fingerprint density at radius 3 is 2.70 bits per heavy atom. The third-order valence-corrected chi connectivity index (χ3v) is 6.37. The van der Waals surface area contributed by atoms with Crippen molar-refractivity contribution >= 4 is 21.6 Å². The molecule has 0 amide bonds. The van der Waals surface area contributed by atoms with Gasteiger partial charge in [0.05, 0.1) is 13.2 Å². The Bertz CT molecular complexity index is 977. The van der Waals surface area contributed by atoms with Gasteiger partial charge in [0, 0.05) is 17.8 Å². The number of halogens is 1. The summed E-state index contributed by atoms with van der Waals surface area (Å²) in [6, 6.07) is 10.8. The number of pyridine rings is 1. The fourth-order valence-corrected chi connectivity index (χ4v) is 4.53. The fraction of sp³-hybridized carbons (Fsp3) is 0.294. The van der Waals surface area contributed by atoms with Crippen molar-refractivity contribution in [2.45, 2.75) is 16.6 Å². The summed E-state index contributed by atoms with van der Waals surface area (Å²) in [5, 5.41) is 29.9. The Balaban J connectivity index is 1.90. The number of rotatable bonds is 5. The molecule has 2 N–H and O–H groups in total. The van der Waals surface area contributed by atoms with Gasteiger partial charge in [-0.1, -0.05) is 11.6 Å². The van der Waals surface area contributed by atoms with E-state index in [4.69, 9.17) is 21.6 Å². The van der Waals surface area contributed by atoms with Gasteiger partial charge in [-0.2, -0.15) is 9.57 Å². The molecule has 0 bridgehead atoms. The summed E-state index contributed by atoms with van der Waals surface area (Å²) < 4.78 is 32.5. The second-order valence-electron chi connectivity index (χ2n) is 6.08. The molecule has 2 heterocycles. The lowest BCUT2D eigenvalue weighted by molar-refractivity contribution is -0.0640. The van der Waals surface area contributed by atoms with Crippen molar-refractivity contribution in [1.29, 1.82) is 5.26 Å².